The van der Waals surface area contributed by atoms with Crippen LogP contribution < -0.4 is 10.6 Å². The van der Waals surface area contributed by atoms with Crippen LogP contribution in [0.15, 0.2) is 47.5 Å². The van der Waals surface area contributed by atoms with Gasteiger partial charge in [0.2, 0.25) is 0 Å². The maximum absolute atomic E-state index is 12.1. The fourth-order valence-corrected chi connectivity index (χ4v) is 2.61. The van der Waals surface area contributed by atoms with Crippen molar-refractivity contribution in [2.75, 3.05) is 6.61 Å². The van der Waals surface area contributed by atoms with Crippen molar-refractivity contribution < 1.29 is 13.9 Å². The molecular formula is C16H19N3O3. The zero-order valence-electron chi connectivity index (χ0n) is 12.2. The number of hydrogen-bond acceptors (Lipinski definition) is 4. The summed E-state index contributed by atoms with van der Waals surface area (Å²) in [7, 11) is 0. The Bertz CT molecular complexity index is 586. The lowest BCUT2D eigenvalue weighted by atomic mass is 9.97. The van der Waals surface area contributed by atoms with E-state index in [0.717, 1.165) is 24.0 Å². The summed E-state index contributed by atoms with van der Waals surface area (Å²) in [6, 6.07) is 5.43. The van der Waals surface area contributed by atoms with Crippen LogP contribution in [0.25, 0.3) is 0 Å². The van der Waals surface area contributed by atoms with Crippen molar-refractivity contribution in [1.82, 2.24) is 15.6 Å². The number of ether oxygens (including phenoxy) is 1. The number of hydrogen-bond donors (Lipinski definition) is 2. The molecule has 2 aromatic heterocycles. The Kier molecular flexibility index (Phi) is 4.70. The van der Waals surface area contributed by atoms with Gasteiger partial charge in [0.15, 0.2) is 0 Å². The number of carbonyl (C=O) groups excluding carboxylic acids is 1. The predicted molar refractivity (Wildman–Crippen MR) is 80.0 cm³/mol. The zero-order valence-corrected chi connectivity index (χ0v) is 12.2. The standard InChI is InChI=1S/C16H19N3O3/c20-16(18-10-12-5-9-21-11-12)19-14-2-1-8-22-15(14)13-3-6-17-7-4-13/h3-7,9,11,14-15H,1-2,8,10H2,(H2,18,19,20)/t14-,15+/m0/s1. The topological polar surface area (TPSA) is 76.4 Å². The second kappa shape index (κ2) is 7.09. The van der Waals surface area contributed by atoms with E-state index in [1.807, 2.05) is 18.2 Å². The highest BCUT2D eigenvalue weighted by Crippen LogP contribution is 2.27. The third-order valence-corrected chi connectivity index (χ3v) is 3.71. The van der Waals surface area contributed by atoms with E-state index in [1.165, 1.54) is 0 Å². The summed E-state index contributed by atoms with van der Waals surface area (Å²) >= 11 is 0. The van der Waals surface area contributed by atoms with Gasteiger partial charge in [-0.3, -0.25) is 4.98 Å². The van der Waals surface area contributed by atoms with Gasteiger partial charge in [0.25, 0.3) is 0 Å². The van der Waals surface area contributed by atoms with E-state index in [2.05, 4.69) is 15.6 Å². The minimum absolute atomic E-state index is 0.0412. The highest BCUT2D eigenvalue weighted by atomic mass is 16.5. The van der Waals surface area contributed by atoms with Gasteiger partial charge in [0, 0.05) is 31.1 Å². The maximum atomic E-state index is 12.1. The molecule has 2 amide bonds. The average molecular weight is 301 g/mol. The van der Waals surface area contributed by atoms with Crippen molar-refractivity contribution in [2.45, 2.75) is 31.5 Å². The third-order valence-electron chi connectivity index (χ3n) is 3.71. The smallest absolute Gasteiger partial charge is 0.315 e. The number of nitrogens with one attached hydrogen (secondary N) is 2. The van der Waals surface area contributed by atoms with Crippen LogP contribution in [0.2, 0.25) is 0 Å². The Morgan fingerprint density at radius 1 is 1.32 bits per heavy atom. The molecule has 1 aliphatic rings. The number of furan rings is 1. The molecule has 0 spiro atoms. The first kappa shape index (κ1) is 14.6. The van der Waals surface area contributed by atoms with Crippen molar-refractivity contribution in [2.24, 2.45) is 0 Å². The Morgan fingerprint density at radius 3 is 2.95 bits per heavy atom. The first-order valence-corrected chi connectivity index (χ1v) is 7.40. The minimum Gasteiger partial charge on any atom is -0.472 e. The Hall–Kier alpha value is -2.34. The van der Waals surface area contributed by atoms with Crippen molar-refractivity contribution in [3.63, 3.8) is 0 Å². The van der Waals surface area contributed by atoms with E-state index in [0.29, 0.717) is 13.2 Å². The largest absolute Gasteiger partial charge is 0.472 e. The summed E-state index contributed by atoms with van der Waals surface area (Å²) in [5.74, 6) is 0. The Balaban J connectivity index is 1.58. The van der Waals surface area contributed by atoms with E-state index in [-0.39, 0.29) is 18.2 Å². The molecule has 3 heterocycles. The van der Waals surface area contributed by atoms with Crippen molar-refractivity contribution in [3.8, 4) is 0 Å². The van der Waals surface area contributed by atoms with E-state index in [4.69, 9.17) is 9.15 Å². The number of amides is 2. The lowest BCUT2D eigenvalue weighted by Gasteiger charge is -2.32. The Morgan fingerprint density at radius 2 is 2.18 bits per heavy atom. The molecular weight excluding hydrogens is 282 g/mol. The highest BCUT2D eigenvalue weighted by Gasteiger charge is 2.28. The Labute approximate surface area is 128 Å². The van der Waals surface area contributed by atoms with Gasteiger partial charge in [0.1, 0.15) is 6.10 Å². The van der Waals surface area contributed by atoms with Gasteiger partial charge in [-0.1, -0.05) is 0 Å². The van der Waals surface area contributed by atoms with Crippen LogP contribution >= 0.6 is 0 Å². The summed E-state index contributed by atoms with van der Waals surface area (Å²) in [5, 5.41) is 5.83. The number of urea groups is 1. The van der Waals surface area contributed by atoms with Gasteiger partial charge in [0.05, 0.1) is 18.6 Å². The van der Waals surface area contributed by atoms with Gasteiger partial charge in [-0.2, -0.15) is 0 Å². The quantitative estimate of drug-likeness (QED) is 0.909. The number of aromatic nitrogens is 1. The second-order valence-corrected chi connectivity index (χ2v) is 5.28. The summed E-state index contributed by atoms with van der Waals surface area (Å²) in [6.07, 6.45) is 8.39. The number of carbonyl (C=O) groups is 1. The number of pyridine rings is 1. The minimum atomic E-state index is -0.198. The molecule has 2 aromatic rings. The van der Waals surface area contributed by atoms with Crippen LogP contribution in [0.5, 0.6) is 0 Å². The molecule has 116 valence electrons. The molecule has 0 bridgehead atoms. The van der Waals surface area contributed by atoms with Crippen LogP contribution in [-0.4, -0.2) is 23.7 Å². The fraction of sp³-hybridized carbons (Fsp3) is 0.375. The summed E-state index contributed by atoms with van der Waals surface area (Å²) < 4.78 is 10.8. The maximum Gasteiger partial charge on any atom is 0.315 e. The zero-order chi connectivity index (χ0) is 15.2. The normalized spacial score (nSPS) is 21.3. The third kappa shape index (κ3) is 3.65. The molecule has 0 aromatic carbocycles. The van der Waals surface area contributed by atoms with Crippen LogP contribution in [0.3, 0.4) is 0 Å². The first-order chi connectivity index (χ1) is 10.8. The first-order valence-electron chi connectivity index (χ1n) is 7.40. The molecule has 1 fully saturated rings. The van der Waals surface area contributed by atoms with Crippen LogP contribution in [0.4, 0.5) is 4.79 Å². The van der Waals surface area contributed by atoms with Gasteiger partial charge >= 0.3 is 6.03 Å². The molecule has 0 unspecified atom stereocenters. The average Bonchev–Trinajstić information content (AvgIpc) is 3.08. The van der Waals surface area contributed by atoms with E-state index in [9.17, 15) is 4.79 Å². The van der Waals surface area contributed by atoms with Crippen LogP contribution in [-0.2, 0) is 11.3 Å². The SMILES string of the molecule is O=C(NCc1ccoc1)N[C@H]1CCCO[C@@H]1c1ccncc1. The van der Waals surface area contributed by atoms with E-state index >= 15 is 0 Å². The molecule has 0 aliphatic carbocycles. The molecule has 0 radical (unpaired) electrons. The number of rotatable bonds is 4. The van der Waals surface area contributed by atoms with Gasteiger partial charge < -0.3 is 19.8 Å². The summed E-state index contributed by atoms with van der Waals surface area (Å²) in [4.78, 5) is 16.1. The van der Waals surface area contributed by atoms with Crippen molar-refractivity contribution in [1.29, 1.82) is 0 Å². The van der Waals surface area contributed by atoms with E-state index in [1.54, 1.807) is 24.9 Å². The fourth-order valence-electron chi connectivity index (χ4n) is 2.61. The van der Waals surface area contributed by atoms with Gasteiger partial charge in [-0.15, -0.1) is 0 Å². The summed E-state index contributed by atoms with van der Waals surface area (Å²) in [6.45, 7) is 1.15. The van der Waals surface area contributed by atoms with Crippen LogP contribution in [0.1, 0.15) is 30.1 Å². The monoisotopic (exact) mass is 301 g/mol. The molecule has 2 N–H and O–H groups in total. The molecule has 2 atom stereocenters. The van der Waals surface area contributed by atoms with Gasteiger partial charge in [-0.25, -0.2) is 4.79 Å². The molecule has 3 rings (SSSR count). The van der Waals surface area contributed by atoms with Crippen molar-refractivity contribution >= 4 is 6.03 Å². The highest BCUT2D eigenvalue weighted by molar-refractivity contribution is 5.74. The van der Waals surface area contributed by atoms with E-state index < -0.39 is 0 Å². The predicted octanol–water partition coefficient (Wildman–Crippen LogP) is 2.39. The molecule has 22 heavy (non-hydrogen) atoms. The molecule has 1 aliphatic heterocycles. The molecule has 6 heteroatoms. The lowest BCUT2D eigenvalue weighted by molar-refractivity contribution is -0.00747. The lowest BCUT2D eigenvalue weighted by Crippen LogP contribution is -2.46. The second-order valence-electron chi connectivity index (χ2n) is 5.28. The molecule has 6 nitrogen and oxygen atoms in total. The van der Waals surface area contributed by atoms with Crippen LogP contribution in [0, 0.1) is 0 Å². The van der Waals surface area contributed by atoms with Crippen molar-refractivity contribution in [3.05, 3.63) is 54.2 Å². The van der Waals surface area contributed by atoms with Gasteiger partial charge in [-0.05, 0) is 36.6 Å². The molecule has 1 saturated heterocycles. The number of nitrogens with zero attached hydrogens (tertiary/aromatic N) is 1. The summed E-state index contributed by atoms with van der Waals surface area (Å²) in [5.41, 5.74) is 1.97. The molecule has 0 saturated carbocycles.